The Morgan fingerprint density at radius 1 is 1.27 bits per heavy atom. The monoisotopic (exact) mass is 294 g/mol. The molecule has 0 saturated carbocycles. The molecule has 0 aliphatic heterocycles. The van der Waals surface area contributed by atoms with Crippen LogP contribution in [0.25, 0.3) is 22.7 Å². The lowest BCUT2D eigenvalue weighted by Crippen LogP contribution is -1.95. The number of halogens is 1. The van der Waals surface area contributed by atoms with Gasteiger partial charge in [0.2, 0.25) is 0 Å². The van der Waals surface area contributed by atoms with Gasteiger partial charge in [0.25, 0.3) is 0 Å². The molecule has 0 atom stereocenters. The van der Waals surface area contributed by atoms with Crippen molar-refractivity contribution in [2.75, 3.05) is 5.73 Å². The van der Waals surface area contributed by atoms with E-state index < -0.39 is 5.82 Å². The minimum absolute atomic E-state index is 0.131. The van der Waals surface area contributed by atoms with E-state index in [1.807, 2.05) is 42.1 Å². The molecular formula is C17H15FN4. The summed E-state index contributed by atoms with van der Waals surface area (Å²) in [7, 11) is 0. The zero-order valence-electron chi connectivity index (χ0n) is 12.1. The number of hydrogen-bond donors (Lipinski definition) is 1. The fourth-order valence-corrected chi connectivity index (χ4v) is 2.18. The van der Waals surface area contributed by atoms with Crippen molar-refractivity contribution in [2.45, 2.75) is 6.92 Å². The van der Waals surface area contributed by atoms with E-state index >= 15 is 0 Å². The lowest BCUT2D eigenvalue weighted by Gasteiger charge is -2.05. The third kappa shape index (κ3) is 2.74. The number of rotatable bonds is 3. The van der Waals surface area contributed by atoms with E-state index in [0.717, 1.165) is 22.2 Å². The van der Waals surface area contributed by atoms with Crippen molar-refractivity contribution >= 4 is 28.8 Å². The zero-order chi connectivity index (χ0) is 15.5. The number of nitrogens with zero attached hydrogens (tertiary/aromatic N) is 3. The number of pyridine rings is 1. The molecule has 0 bridgehead atoms. The number of anilines is 1. The van der Waals surface area contributed by atoms with Crippen LogP contribution in [0.1, 0.15) is 12.5 Å². The van der Waals surface area contributed by atoms with Gasteiger partial charge < -0.3 is 10.3 Å². The maximum atomic E-state index is 13.6. The minimum Gasteiger partial charge on any atom is -0.396 e. The summed E-state index contributed by atoms with van der Waals surface area (Å²) in [4.78, 5) is 8.41. The molecule has 0 spiro atoms. The summed E-state index contributed by atoms with van der Waals surface area (Å²) < 4.78 is 15.5. The van der Waals surface area contributed by atoms with E-state index in [1.165, 1.54) is 6.07 Å². The van der Waals surface area contributed by atoms with Crippen LogP contribution in [0.2, 0.25) is 0 Å². The molecule has 3 rings (SSSR count). The molecule has 2 N–H and O–H groups in total. The Morgan fingerprint density at radius 3 is 2.95 bits per heavy atom. The van der Waals surface area contributed by atoms with Gasteiger partial charge in [0.1, 0.15) is 11.6 Å². The van der Waals surface area contributed by atoms with Crippen molar-refractivity contribution in [1.82, 2.24) is 9.55 Å². The van der Waals surface area contributed by atoms with E-state index in [9.17, 15) is 4.39 Å². The second-order valence-corrected chi connectivity index (χ2v) is 4.84. The summed E-state index contributed by atoms with van der Waals surface area (Å²) in [5, 5.41) is 1.57. The molecule has 5 heteroatoms. The largest absolute Gasteiger partial charge is 0.396 e. The summed E-state index contributed by atoms with van der Waals surface area (Å²) in [5.74, 6) is 0.300. The molecular weight excluding hydrogens is 279 g/mol. The molecule has 2 heterocycles. The van der Waals surface area contributed by atoms with Gasteiger partial charge >= 0.3 is 0 Å². The number of nitrogens with two attached hydrogens (primary N) is 1. The summed E-state index contributed by atoms with van der Waals surface area (Å²) in [6, 6.07) is 6.80. The van der Waals surface area contributed by atoms with Crippen LogP contribution in [-0.2, 0) is 0 Å². The first-order valence-corrected chi connectivity index (χ1v) is 6.85. The van der Waals surface area contributed by atoms with Crippen molar-refractivity contribution in [3.05, 3.63) is 60.4 Å². The Hall–Kier alpha value is -2.95. The van der Waals surface area contributed by atoms with E-state index in [4.69, 9.17) is 5.73 Å². The Balaban J connectivity index is 1.98. The standard InChI is InChI=1S/C17H15FN4/c1-2-20-5-3-12-4-6-22(11-12)17-9-13-7-15(18)16(19)8-14(13)10-21-17/h2-11H,19H2,1H3/b5-3-,20-2-. The highest BCUT2D eigenvalue weighted by molar-refractivity contribution is 5.86. The summed E-state index contributed by atoms with van der Waals surface area (Å²) in [6.45, 7) is 1.86. The van der Waals surface area contributed by atoms with Crippen LogP contribution in [0.3, 0.4) is 0 Å². The molecule has 22 heavy (non-hydrogen) atoms. The van der Waals surface area contributed by atoms with E-state index in [1.54, 1.807) is 24.7 Å². The molecule has 3 aromatic rings. The van der Waals surface area contributed by atoms with Gasteiger partial charge in [-0.1, -0.05) is 0 Å². The van der Waals surface area contributed by atoms with Gasteiger partial charge in [0.05, 0.1) is 5.69 Å². The van der Waals surface area contributed by atoms with E-state index in [-0.39, 0.29) is 5.69 Å². The van der Waals surface area contributed by atoms with Gasteiger partial charge in [0.15, 0.2) is 0 Å². The van der Waals surface area contributed by atoms with Crippen molar-refractivity contribution < 1.29 is 4.39 Å². The maximum absolute atomic E-state index is 13.6. The van der Waals surface area contributed by atoms with Crippen LogP contribution >= 0.6 is 0 Å². The Labute approximate surface area is 127 Å². The molecule has 1 aromatic carbocycles. The van der Waals surface area contributed by atoms with Crippen LogP contribution in [0.15, 0.2) is 54.0 Å². The Bertz CT molecular complexity index is 877. The predicted molar refractivity (Wildman–Crippen MR) is 88.6 cm³/mol. The van der Waals surface area contributed by atoms with Crippen molar-refractivity contribution in [3.63, 3.8) is 0 Å². The minimum atomic E-state index is -0.418. The lowest BCUT2D eigenvalue weighted by atomic mass is 10.1. The van der Waals surface area contributed by atoms with Crippen LogP contribution in [0, 0.1) is 5.82 Å². The molecule has 0 aliphatic carbocycles. The fraction of sp³-hybridized carbons (Fsp3) is 0.0588. The fourth-order valence-electron chi connectivity index (χ4n) is 2.18. The highest BCUT2D eigenvalue weighted by atomic mass is 19.1. The molecule has 110 valence electrons. The van der Waals surface area contributed by atoms with E-state index in [0.29, 0.717) is 0 Å². The third-order valence-corrected chi connectivity index (χ3v) is 3.31. The van der Waals surface area contributed by atoms with Crippen LogP contribution in [0.5, 0.6) is 0 Å². The number of hydrogen-bond acceptors (Lipinski definition) is 3. The number of fused-ring (bicyclic) bond motifs is 1. The van der Waals surface area contributed by atoms with Crippen LogP contribution < -0.4 is 5.73 Å². The first-order valence-electron chi connectivity index (χ1n) is 6.85. The first kappa shape index (κ1) is 14.0. The van der Waals surface area contributed by atoms with Crippen LogP contribution in [0.4, 0.5) is 10.1 Å². The van der Waals surface area contributed by atoms with Crippen molar-refractivity contribution in [2.24, 2.45) is 4.99 Å². The van der Waals surface area contributed by atoms with Gasteiger partial charge in [-0.15, -0.1) is 0 Å². The summed E-state index contributed by atoms with van der Waals surface area (Å²) in [5.41, 5.74) is 6.71. The average molecular weight is 294 g/mol. The summed E-state index contributed by atoms with van der Waals surface area (Å²) >= 11 is 0. The number of aromatic nitrogens is 2. The van der Waals surface area contributed by atoms with Crippen molar-refractivity contribution in [3.8, 4) is 5.82 Å². The quantitative estimate of drug-likeness (QED) is 0.590. The first-order chi connectivity index (χ1) is 10.7. The smallest absolute Gasteiger partial charge is 0.146 e. The second-order valence-electron chi connectivity index (χ2n) is 4.84. The maximum Gasteiger partial charge on any atom is 0.146 e. The molecule has 0 saturated heterocycles. The molecule has 0 unspecified atom stereocenters. The predicted octanol–water partition coefficient (Wildman–Crippen LogP) is 3.81. The highest BCUT2D eigenvalue weighted by Gasteiger charge is 2.05. The Morgan fingerprint density at radius 2 is 2.14 bits per heavy atom. The van der Waals surface area contributed by atoms with Crippen LogP contribution in [-0.4, -0.2) is 15.8 Å². The molecule has 0 aliphatic rings. The van der Waals surface area contributed by atoms with Gasteiger partial charge in [-0.05, 0) is 48.2 Å². The molecule has 2 aromatic heterocycles. The molecule has 0 radical (unpaired) electrons. The van der Waals surface area contributed by atoms with Gasteiger partial charge in [-0.2, -0.15) is 0 Å². The molecule has 4 nitrogen and oxygen atoms in total. The average Bonchev–Trinajstić information content (AvgIpc) is 2.97. The number of aliphatic imine (C=N–C) groups is 1. The van der Waals surface area contributed by atoms with Gasteiger partial charge in [0, 0.05) is 36.4 Å². The Kier molecular flexibility index (Phi) is 3.70. The highest BCUT2D eigenvalue weighted by Crippen LogP contribution is 2.22. The number of nitrogen functional groups attached to an aromatic ring is 1. The van der Waals surface area contributed by atoms with Gasteiger partial charge in [-0.25, -0.2) is 9.37 Å². The normalized spacial score (nSPS) is 11.9. The zero-order valence-corrected chi connectivity index (χ0v) is 12.1. The number of benzene rings is 1. The third-order valence-electron chi connectivity index (χ3n) is 3.31. The molecule has 0 fully saturated rings. The van der Waals surface area contributed by atoms with Gasteiger partial charge in [-0.3, -0.25) is 4.99 Å². The topological polar surface area (TPSA) is 56.2 Å². The summed E-state index contributed by atoms with van der Waals surface area (Å²) in [6.07, 6.45) is 10.9. The van der Waals surface area contributed by atoms with E-state index in [2.05, 4.69) is 9.98 Å². The molecule has 0 amide bonds. The van der Waals surface area contributed by atoms with Crippen molar-refractivity contribution in [1.29, 1.82) is 0 Å². The lowest BCUT2D eigenvalue weighted by molar-refractivity contribution is 0.634. The second kappa shape index (κ2) is 5.81. The SMILES string of the molecule is C/C=N\C=C/c1ccn(-c2cc3cc(F)c(N)cc3cn2)c1.